The predicted molar refractivity (Wildman–Crippen MR) is 83.3 cm³/mol. The van der Waals surface area contributed by atoms with E-state index in [2.05, 4.69) is 0 Å². The molecule has 0 amide bonds. The van der Waals surface area contributed by atoms with Crippen LogP contribution in [0, 0.1) is 6.92 Å². The maximum absolute atomic E-state index is 11.6. The first-order valence-electron chi connectivity index (χ1n) is 6.63. The summed E-state index contributed by atoms with van der Waals surface area (Å²) < 4.78 is 5.32. The highest BCUT2D eigenvalue weighted by Gasteiger charge is 2.24. The Kier molecular flexibility index (Phi) is 4.86. The summed E-state index contributed by atoms with van der Waals surface area (Å²) in [5, 5.41) is 10.0. The van der Waals surface area contributed by atoms with Crippen molar-refractivity contribution in [2.24, 2.45) is 0 Å². The van der Waals surface area contributed by atoms with E-state index >= 15 is 0 Å². The van der Waals surface area contributed by atoms with E-state index < -0.39 is 11.9 Å². The number of aliphatic carboxylic acids is 1. The van der Waals surface area contributed by atoms with Gasteiger partial charge in [0.05, 0.1) is 13.0 Å². The number of hydrogen-bond donors (Lipinski definition) is 1. The normalized spacial score (nSPS) is 12.0. The van der Waals surface area contributed by atoms with Crippen LogP contribution in [0.3, 0.4) is 0 Å². The van der Waals surface area contributed by atoms with Crippen LogP contribution < -0.4 is 4.74 Å². The van der Waals surface area contributed by atoms with Crippen LogP contribution in [0.4, 0.5) is 0 Å². The fraction of sp³-hybridized carbons (Fsp3) is 0.235. The third kappa shape index (κ3) is 3.56. The van der Waals surface area contributed by atoms with Crippen LogP contribution in [0.25, 0.3) is 0 Å². The number of carboxylic acids is 1. The van der Waals surface area contributed by atoms with Gasteiger partial charge >= 0.3 is 5.97 Å². The van der Waals surface area contributed by atoms with Crippen LogP contribution in [-0.2, 0) is 11.2 Å². The van der Waals surface area contributed by atoms with Crippen LogP contribution >= 0.6 is 11.6 Å². The fourth-order valence-electron chi connectivity index (χ4n) is 2.37. The smallest absolute Gasteiger partial charge is 0.311 e. The quantitative estimate of drug-likeness (QED) is 0.906. The molecule has 0 aliphatic rings. The average Bonchev–Trinajstić information content (AvgIpc) is 2.45. The Morgan fingerprint density at radius 2 is 2.00 bits per heavy atom. The first-order chi connectivity index (χ1) is 10.0. The molecule has 110 valence electrons. The molecule has 1 atom stereocenters. The number of halogens is 1. The molecular weight excluding hydrogens is 288 g/mol. The van der Waals surface area contributed by atoms with Crippen LogP contribution in [0.2, 0.25) is 5.02 Å². The summed E-state index contributed by atoms with van der Waals surface area (Å²) in [4.78, 5) is 11.6. The van der Waals surface area contributed by atoms with E-state index in [4.69, 9.17) is 16.3 Å². The SMILES string of the molecule is COc1ccc(C)cc1CC(C(=O)O)c1ccccc1Cl. The van der Waals surface area contributed by atoms with Gasteiger partial charge in [-0.2, -0.15) is 0 Å². The standard InChI is InChI=1S/C17H17ClO3/c1-11-7-8-16(21-2)12(9-11)10-14(17(19)20)13-5-3-4-6-15(13)18/h3-9,14H,10H2,1-2H3,(H,19,20). The molecule has 4 heteroatoms. The maximum atomic E-state index is 11.6. The molecule has 2 aromatic rings. The summed E-state index contributed by atoms with van der Waals surface area (Å²) in [7, 11) is 1.58. The number of rotatable bonds is 5. The molecule has 0 aliphatic carbocycles. The molecule has 0 radical (unpaired) electrons. The molecule has 0 bridgehead atoms. The van der Waals surface area contributed by atoms with E-state index in [0.717, 1.165) is 11.1 Å². The minimum atomic E-state index is -0.897. The topological polar surface area (TPSA) is 46.5 Å². The number of aryl methyl sites for hydroxylation is 1. The summed E-state index contributed by atoms with van der Waals surface area (Å²) in [6, 6.07) is 12.8. The molecule has 1 unspecified atom stereocenters. The molecular formula is C17H17ClO3. The van der Waals surface area contributed by atoms with Crippen molar-refractivity contribution in [3.63, 3.8) is 0 Å². The molecule has 0 aromatic heterocycles. The van der Waals surface area contributed by atoms with E-state index in [9.17, 15) is 9.90 Å². The van der Waals surface area contributed by atoms with Gasteiger partial charge in [-0.15, -0.1) is 0 Å². The van der Waals surface area contributed by atoms with Crippen molar-refractivity contribution in [3.8, 4) is 5.75 Å². The van der Waals surface area contributed by atoms with Gasteiger partial charge in [-0.25, -0.2) is 0 Å². The Morgan fingerprint density at radius 1 is 1.29 bits per heavy atom. The van der Waals surface area contributed by atoms with Crippen LogP contribution in [0.5, 0.6) is 5.75 Å². The van der Waals surface area contributed by atoms with Gasteiger partial charge in [0.2, 0.25) is 0 Å². The lowest BCUT2D eigenvalue weighted by Crippen LogP contribution is -2.15. The van der Waals surface area contributed by atoms with E-state index in [1.165, 1.54) is 0 Å². The number of methoxy groups -OCH3 is 1. The zero-order valence-corrected chi connectivity index (χ0v) is 12.7. The van der Waals surface area contributed by atoms with Gasteiger partial charge < -0.3 is 9.84 Å². The lowest BCUT2D eigenvalue weighted by Gasteiger charge is -2.16. The van der Waals surface area contributed by atoms with Crippen LogP contribution in [0.1, 0.15) is 22.6 Å². The average molecular weight is 305 g/mol. The molecule has 0 aliphatic heterocycles. The minimum absolute atomic E-state index is 0.337. The van der Waals surface area contributed by atoms with Crippen molar-refractivity contribution < 1.29 is 14.6 Å². The summed E-state index contributed by atoms with van der Waals surface area (Å²) in [5.74, 6) is -0.903. The summed E-state index contributed by atoms with van der Waals surface area (Å²) in [5.41, 5.74) is 2.55. The molecule has 0 fully saturated rings. The Labute approximate surface area is 129 Å². The number of carboxylic acid groups (broad SMARTS) is 1. The highest BCUT2D eigenvalue weighted by atomic mass is 35.5. The van der Waals surface area contributed by atoms with Crippen molar-refractivity contribution in [1.82, 2.24) is 0 Å². The van der Waals surface area contributed by atoms with Gasteiger partial charge in [0.25, 0.3) is 0 Å². The molecule has 0 spiro atoms. The Morgan fingerprint density at radius 3 is 2.62 bits per heavy atom. The van der Waals surface area contributed by atoms with E-state index in [1.807, 2.05) is 25.1 Å². The second-order valence-electron chi connectivity index (χ2n) is 4.93. The first-order valence-corrected chi connectivity index (χ1v) is 7.01. The summed E-state index contributed by atoms with van der Waals surface area (Å²) in [6.45, 7) is 1.97. The van der Waals surface area contributed by atoms with Crippen molar-refractivity contribution in [3.05, 3.63) is 64.2 Å². The van der Waals surface area contributed by atoms with Gasteiger partial charge in [0, 0.05) is 5.02 Å². The zero-order valence-electron chi connectivity index (χ0n) is 12.0. The molecule has 21 heavy (non-hydrogen) atoms. The van der Waals surface area contributed by atoms with Crippen molar-refractivity contribution in [2.45, 2.75) is 19.3 Å². The largest absolute Gasteiger partial charge is 0.496 e. The number of hydrogen-bond acceptors (Lipinski definition) is 2. The van der Waals surface area contributed by atoms with Gasteiger partial charge in [-0.05, 0) is 36.6 Å². The van der Waals surface area contributed by atoms with E-state index in [0.29, 0.717) is 22.8 Å². The maximum Gasteiger partial charge on any atom is 0.311 e. The summed E-state index contributed by atoms with van der Waals surface area (Å²) in [6.07, 6.45) is 0.337. The molecule has 1 N–H and O–H groups in total. The minimum Gasteiger partial charge on any atom is -0.496 e. The second kappa shape index (κ2) is 6.64. The van der Waals surface area contributed by atoms with E-state index in [1.54, 1.807) is 31.4 Å². The van der Waals surface area contributed by atoms with Crippen molar-refractivity contribution in [1.29, 1.82) is 0 Å². The lowest BCUT2D eigenvalue weighted by molar-refractivity contribution is -0.138. The molecule has 2 rings (SSSR count). The fourth-order valence-corrected chi connectivity index (χ4v) is 2.64. The van der Waals surface area contributed by atoms with Gasteiger partial charge in [-0.3, -0.25) is 4.79 Å². The second-order valence-corrected chi connectivity index (χ2v) is 5.34. The number of carbonyl (C=O) groups is 1. The third-order valence-electron chi connectivity index (χ3n) is 3.44. The van der Waals surface area contributed by atoms with E-state index in [-0.39, 0.29) is 0 Å². The molecule has 3 nitrogen and oxygen atoms in total. The highest BCUT2D eigenvalue weighted by molar-refractivity contribution is 6.31. The molecule has 0 heterocycles. The van der Waals surface area contributed by atoms with Crippen molar-refractivity contribution in [2.75, 3.05) is 7.11 Å². The predicted octanol–water partition coefficient (Wildman–Crippen LogP) is 4.07. The first kappa shape index (κ1) is 15.4. The lowest BCUT2D eigenvalue weighted by atomic mass is 9.91. The zero-order chi connectivity index (χ0) is 15.4. The Bertz CT molecular complexity index is 652. The Hall–Kier alpha value is -2.00. The number of benzene rings is 2. The van der Waals surface area contributed by atoms with Crippen molar-refractivity contribution >= 4 is 17.6 Å². The van der Waals surface area contributed by atoms with Crippen LogP contribution in [-0.4, -0.2) is 18.2 Å². The van der Waals surface area contributed by atoms with Gasteiger partial charge in [0.15, 0.2) is 0 Å². The summed E-state index contributed by atoms with van der Waals surface area (Å²) >= 11 is 6.14. The molecule has 0 saturated heterocycles. The van der Waals surface area contributed by atoms with Gasteiger partial charge in [0.1, 0.15) is 5.75 Å². The Balaban J connectivity index is 2.40. The number of ether oxygens (including phenoxy) is 1. The third-order valence-corrected chi connectivity index (χ3v) is 3.78. The molecule has 0 saturated carbocycles. The molecule has 2 aromatic carbocycles. The monoisotopic (exact) mass is 304 g/mol. The van der Waals surface area contributed by atoms with Crippen LogP contribution in [0.15, 0.2) is 42.5 Å². The van der Waals surface area contributed by atoms with Gasteiger partial charge in [-0.1, -0.05) is 47.5 Å². The highest BCUT2D eigenvalue weighted by Crippen LogP contribution is 2.31.